The lowest BCUT2D eigenvalue weighted by Crippen LogP contribution is -2.62. The number of aromatic nitrogens is 2. The lowest BCUT2D eigenvalue weighted by Gasteiger charge is -2.48. The molecule has 0 unspecified atom stereocenters. The van der Waals surface area contributed by atoms with Crippen molar-refractivity contribution >= 4 is 11.8 Å². The highest BCUT2D eigenvalue weighted by atomic mass is 16.5. The van der Waals surface area contributed by atoms with Gasteiger partial charge in [0.05, 0.1) is 18.8 Å². The number of carbonyl (C=O) groups is 1. The number of aliphatic carboxylic acids is 1. The van der Waals surface area contributed by atoms with Crippen molar-refractivity contribution in [1.29, 1.82) is 0 Å². The summed E-state index contributed by atoms with van der Waals surface area (Å²) in [6.45, 7) is 4.82. The third-order valence-corrected chi connectivity index (χ3v) is 2.75. The fourth-order valence-electron chi connectivity index (χ4n) is 1.95. The lowest BCUT2D eigenvalue weighted by atomic mass is 9.96. The smallest absolute Gasteiger partial charge is 0.329 e. The molecule has 2 rings (SSSR count). The van der Waals surface area contributed by atoms with Gasteiger partial charge in [-0.15, -0.1) is 0 Å². The van der Waals surface area contributed by atoms with E-state index in [9.17, 15) is 4.79 Å². The Morgan fingerprint density at radius 3 is 2.76 bits per heavy atom. The molecule has 6 nitrogen and oxygen atoms in total. The number of anilines is 1. The molecule has 1 aliphatic heterocycles. The molecule has 92 valence electrons. The molecule has 17 heavy (non-hydrogen) atoms. The van der Waals surface area contributed by atoms with E-state index in [1.54, 1.807) is 12.4 Å². The van der Waals surface area contributed by atoms with Crippen molar-refractivity contribution in [2.24, 2.45) is 0 Å². The summed E-state index contributed by atoms with van der Waals surface area (Å²) in [5.41, 5.74) is 0.468. The zero-order chi connectivity index (χ0) is 12.5. The number of hydrogen-bond donors (Lipinski definition) is 1. The molecule has 1 fully saturated rings. The number of rotatable bonds is 4. The summed E-state index contributed by atoms with van der Waals surface area (Å²) in [6.07, 6.45) is 3.30. The fraction of sp³-hybridized carbons (Fsp3) is 0.545. The molecular weight excluding hydrogens is 222 g/mol. The van der Waals surface area contributed by atoms with Gasteiger partial charge < -0.3 is 14.7 Å². The molecule has 0 atom stereocenters. The number of carboxylic acids is 1. The summed E-state index contributed by atoms with van der Waals surface area (Å²) in [5.74, 6) is -0.107. The maximum atomic E-state index is 10.4. The molecule has 0 aromatic carbocycles. The lowest BCUT2D eigenvalue weighted by molar-refractivity contribution is -0.150. The van der Waals surface area contributed by atoms with Crippen LogP contribution in [0, 0.1) is 6.92 Å². The molecule has 1 saturated heterocycles. The van der Waals surface area contributed by atoms with Crippen LogP contribution in [0.5, 0.6) is 0 Å². The van der Waals surface area contributed by atoms with Gasteiger partial charge >= 0.3 is 5.97 Å². The second kappa shape index (κ2) is 4.29. The first-order valence-corrected chi connectivity index (χ1v) is 5.38. The predicted octanol–water partition coefficient (Wildman–Crippen LogP) is 0.465. The van der Waals surface area contributed by atoms with Gasteiger partial charge in [0.15, 0.2) is 0 Å². The molecule has 0 amide bonds. The van der Waals surface area contributed by atoms with Gasteiger partial charge in [-0.3, -0.25) is 4.98 Å². The summed E-state index contributed by atoms with van der Waals surface area (Å²) in [7, 11) is 0. The number of aryl methyl sites for hydroxylation is 1. The molecule has 0 radical (unpaired) electrons. The summed E-state index contributed by atoms with van der Waals surface area (Å²) < 4.78 is 5.33. The molecular formula is C11H15N3O3. The SMILES string of the molecule is Cc1nccnc1N1CC(C)(OCC(=O)O)C1. The van der Waals surface area contributed by atoms with E-state index in [4.69, 9.17) is 9.84 Å². The van der Waals surface area contributed by atoms with Crippen molar-refractivity contribution in [2.75, 3.05) is 24.6 Å². The normalized spacial score (nSPS) is 17.6. The Labute approximate surface area is 99.2 Å². The molecule has 1 N–H and O–H groups in total. The van der Waals surface area contributed by atoms with Crippen molar-refractivity contribution in [3.63, 3.8) is 0 Å². The van der Waals surface area contributed by atoms with Crippen LogP contribution >= 0.6 is 0 Å². The highest BCUT2D eigenvalue weighted by molar-refractivity contribution is 5.68. The van der Waals surface area contributed by atoms with E-state index in [1.807, 2.05) is 18.7 Å². The summed E-state index contributed by atoms with van der Waals surface area (Å²) >= 11 is 0. The Bertz CT molecular complexity index is 430. The van der Waals surface area contributed by atoms with E-state index >= 15 is 0 Å². The Balaban J connectivity index is 1.94. The molecule has 0 saturated carbocycles. The largest absolute Gasteiger partial charge is 0.480 e. The van der Waals surface area contributed by atoms with Crippen molar-refractivity contribution in [1.82, 2.24) is 9.97 Å². The molecule has 0 spiro atoms. The summed E-state index contributed by atoms with van der Waals surface area (Å²) in [5, 5.41) is 8.56. The monoisotopic (exact) mass is 237 g/mol. The molecule has 2 heterocycles. The minimum Gasteiger partial charge on any atom is -0.480 e. The van der Waals surface area contributed by atoms with Gasteiger partial charge in [0.25, 0.3) is 0 Å². The highest BCUT2D eigenvalue weighted by Gasteiger charge is 2.41. The van der Waals surface area contributed by atoms with Crippen LogP contribution < -0.4 is 4.90 Å². The number of hydrogen-bond acceptors (Lipinski definition) is 5. The van der Waals surface area contributed by atoms with Crippen LogP contribution in [0.2, 0.25) is 0 Å². The minimum atomic E-state index is -0.944. The summed E-state index contributed by atoms with van der Waals surface area (Å²) in [4.78, 5) is 20.9. The quantitative estimate of drug-likeness (QED) is 0.820. The van der Waals surface area contributed by atoms with Crippen LogP contribution in [-0.2, 0) is 9.53 Å². The highest BCUT2D eigenvalue weighted by Crippen LogP contribution is 2.29. The van der Waals surface area contributed by atoms with E-state index in [0.717, 1.165) is 11.5 Å². The average Bonchev–Trinajstić information content (AvgIpc) is 2.23. The molecule has 0 bridgehead atoms. The molecule has 6 heteroatoms. The molecule has 0 aliphatic carbocycles. The van der Waals surface area contributed by atoms with Gasteiger partial charge in [-0.2, -0.15) is 0 Å². The van der Waals surface area contributed by atoms with E-state index in [0.29, 0.717) is 13.1 Å². The third-order valence-electron chi connectivity index (χ3n) is 2.75. The number of ether oxygens (including phenoxy) is 1. The second-order valence-corrected chi connectivity index (χ2v) is 4.45. The second-order valence-electron chi connectivity index (χ2n) is 4.45. The van der Waals surface area contributed by atoms with Crippen LogP contribution in [0.25, 0.3) is 0 Å². The van der Waals surface area contributed by atoms with Crippen LogP contribution in [-0.4, -0.2) is 46.3 Å². The predicted molar refractivity (Wildman–Crippen MR) is 61.0 cm³/mol. The maximum Gasteiger partial charge on any atom is 0.329 e. The maximum absolute atomic E-state index is 10.4. The minimum absolute atomic E-state index is 0.260. The van der Waals surface area contributed by atoms with Crippen molar-refractivity contribution in [3.05, 3.63) is 18.1 Å². The van der Waals surface area contributed by atoms with E-state index in [-0.39, 0.29) is 6.61 Å². The third kappa shape index (κ3) is 2.52. The van der Waals surface area contributed by atoms with E-state index in [1.165, 1.54) is 0 Å². The van der Waals surface area contributed by atoms with Gasteiger partial charge in [0, 0.05) is 12.4 Å². The standard InChI is InChI=1S/C11H15N3O3/c1-8-10(13-4-3-12-8)14-6-11(2,7-14)17-5-9(15)16/h3-4H,5-7H2,1-2H3,(H,15,16). The molecule has 1 aromatic rings. The van der Waals surface area contributed by atoms with Crippen LogP contribution in [0.15, 0.2) is 12.4 Å². The summed E-state index contributed by atoms with van der Waals surface area (Å²) in [6, 6.07) is 0. The van der Waals surface area contributed by atoms with E-state index in [2.05, 4.69) is 9.97 Å². The van der Waals surface area contributed by atoms with Gasteiger partial charge in [0.2, 0.25) is 0 Å². The zero-order valence-corrected chi connectivity index (χ0v) is 9.88. The van der Waals surface area contributed by atoms with Crippen LogP contribution in [0.3, 0.4) is 0 Å². The fourth-order valence-corrected chi connectivity index (χ4v) is 1.95. The Morgan fingerprint density at radius 1 is 1.53 bits per heavy atom. The number of carboxylic acid groups (broad SMARTS) is 1. The Hall–Kier alpha value is -1.69. The molecule has 1 aliphatic rings. The zero-order valence-electron chi connectivity index (χ0n) is 9.88. The van der Waals surface area contributed by atoms with Crippen molar-refractivity contribution in [2.45, 2.75) is 19.4 Å². The van der Waals surface area contributed by atoms with Gasteiger partial charge in [-0.25, -0.2) is 9.78 Å². The van der Waals surface area contributed by atoms with Gasteiger partial charge in [0.1, 0.15) is 18.0 Å². The van der Waals surface area contributed by atoms with Crippen molar-refractivity contribution in [3.8, 4) is 0 Å². The number of nitrogens with zero attached hydrogens (tertiary/aromatic N) is 3. The van der Waals surface area contributed by atoms with E-state index < -0.39 is 11.6 Å². The first-order chi connectivity index (χ1) is 8.00. The first-order valence-electron chi connectivity index (χ1n) is 5.38. The van der Waals surface area contributed by atoms with Gasteiger partial charge in [-0.1, -0.05) is 0 Å². The molecule has 1 aromatic heterocycles. The average molecular weight is 237 g/mol. The van der Waals surface area contributed by atoms with Gasteiger partial charge in [-0.05, 0) is 13.8 Å². The topological polar surface area (TPSA) is 75.5 Å². The van der Waals surface area contributed by atoms with Crippen LogP contribution in [0.1, 0.15) is 12.6 Å². The first kappa shape index (κ1) is 11.8. The van der Waals surface area contributed by atoms with Crippen LogP contribution in [0.4, 0.5) is 5.82 Å². The Morgan fingerprint density at radius 2 is 2.18 bits per heavy atom. The van der Waals surface area contributed by atoms with Crippen molar-refractivity contribution < 1.29 is 14.6 Å². The Kier molecular flexibility index (Phi) is 2.97.